The number of piperidine rings is 1. The van der Waals surface area contributed by atoms with Crippen molar-refractivity contribution in [1.82, 2.24) is 29.3 Å². The number of hydrogen-bond acceptors (Lipinski definition) is 7. The first-order valence-electron chi connectivity index (χ1n) is 14.9. The Balaban J connectivity index is 0.000000205. The van der Waals surface area contributed by atoms with E-state index in [9.17, 15) is 26.7 Å². The van der Waals surface area contributed by atoms with Crippen LogP contribution in [0.3, 0.4) is 0 Å². The van der Waals surface area contributed by atoms with Gasteiger partial charge in [0.15, 0.2) is 11.6 Å². The summed E-state index contributed by atoms with van der Waals surface area (Å²) in [5, 5.41) is 12.7. The van der Waals surface area contributed by atoms with Crippen molar-refractivity contribution in [2.75, 3.05) is 26.3 Å². The summed E-state index contributed by atoms with van der Waals surface area (Å²) in [4.78, 5) is 15.9. The lowest BCUT2D eigenvalue weighted by atomic mass is 9.93. The van der Waals surface area contributed by atoms with Gasteiger partial charge >= 0.3 is 12.2 Å². The van der Waals surface area contributed by atoms with Crippen LogP contribution in [0.2, 0.25) is 0 Å². The molecule has 1 aromatic heterocycles. The van der Waals surface area contributed by atoms with Crippen LogP contribution in [0.25, 0.3) is 0 Å². The van der Waals surface area contributed by atoms with Crippen LogP contribution in [0, 0.1) is 11.6 Å². The lowest BCUT2D eigenvalue weighted by Crippen LogP contribution is -2.50. The van der Waals surface area contributed by atoms with Crippen molar-refractivity contribution < 1.29 is 26.7 Å². The number of nitrogens with zero attached hydrogens (tertiary/aromatic N) is 5. The highest BCUT2D eigenvalue weighted by Gasteiger charge is 2.33. The van der Waals surface area contributed by atoms with Crippen molar-refractivity contribution in [2.45, 2.75) is 69.6 Å². The monoisotopic (exact) mass is 654 g/mol. The topological polar surface area (TPSA) is 118 Å². The lowest BCUT2D eigenvalue weighted by molar-refractivity contribution is -0.129. The fourth-order valence-electron chi connectivity index (χ4n) is 5.88. The second-order valence-electron chi connectivity index (χ2n) is 11.1. The lowest BCUT2D eigenvalue weighted by Gasteiger charge is -2.37. The number of carbonyl (C=O) groups is 1. The molecule has 0 bridgehead atoms. The van der Waals surface area contributed by atoms with E-state index >= 15 is 0 Å². The smallest absolute Gasteiger partial charge is 0.324 e. The molecule has 2 aliphatic rings. The van der Waals surface area contributed by atoms with Crippen LogP contribution in [-0.2, 0) is 25.8 Å². The van der Waals surface area contributed by atoms with E-state index in [0.29, 0.717) is 37.8 Å². The Morgan fingerprint density at radius 1 is 1.04 bits per heavy atom. The Labute approximate surface area is 263 Å². The van der Waals surface area contributed by atoms with E-state index in [4.69, 9.17) is 10.9 Å². The van der Waals surface area contributed by atoms with Crippen molar-refractivity contribution in [3.8, 4) is 0 Å². The van der Waals surface area contributed by atoms with Gasteiger partial charge in [-0.1, -0.05) is 42.5 Å². The average molecular weight is 655 g/mol. The molecule has 1 unspecified atom stereocenters. The van der Waals surface area contributed by atoms with Crippen molar-refractivity contribution in [3.05, 3.63) is 82.9 Å². The number of benzene rings is 2. The normalized spacial score (nSPS) is 17.3. The van der Waals surface area contributed by atoms with Crippen molar-refractivity contribution in [3.63, 3.8) is 0 Å². The van der Waals surface area contributed by atoms with E-state index < -0.39 is 30.1 Å². The van der Waals surface area contributed by atoms with Crippen molar-refractivity contribution in [2.24, 2.45) is 10.9 Å². The average Bonchev–Trinajstić information content (AvgIpc) is 3.24. The molecule has 45 heavy (non-hydrogen) atoms. The molecule has 0 radical (unpaired) electrons. The van der Waals surface area contributed by atoms with Gasteiger partial charge < -0.3 is 15.2 Å². The maximum Gasteiger partial charge on any atom is 0.396 e. The number of nitrogens with two attached hydrogens (primary N) is 2. The van der Waals surface area contributed by atoms with E-state index in [1.54, 1.807) is 0 Å². The molecule has 246 valence electrons. The number of aromatic nitrogens is 3. The van der Waals surface area contributed by atoms with Gasteiger partial charge in [0.2, 0.25) is 0 Å². The third-order valence-electron chi connectivity index (χ3n) is 8.22. The maximum atomic E-state index is 14.0. The van der Waals surface area contributed by atoms with E-state index in [1.165, 1.54) is 22.3 Å². The highest BCUT2D eigenvalue weighted by Crippen LogP contribution is 2.32. The third-order valence-corrected chi connectivity index (χ3v) is 8.51. The van der Waals surface area contributed by atoms with Crippen LogP contribution in [-0.4, -0.2) is 69.1 Å². The van der Waals surface area contributed by atoms with Crippen molar-refractivity contribution >= 4 is 18.2 Å². The molecule has 2 amide bonds. The molecule has 1 fully saturated rings. The number of aryl methyl sites for hydroxylation is 1. The molecule has 15 heteroatoms. The number of halogens is 5. The zero-order valence-corrected chi connectivity index (χ0v) is 25.7. The summed E-state index contributed by atoms with van der Waals surface area (Å²) in [6, 6.07) is 14.7. The highest BCUT2D eigenvalue weighted by molar-refractivity contribution is 7.95. The zero-order chi connectivity index (χ0) is 32.4. The molecule has 0 aliphatic carbocycles. The SMILES string of the molecule is Fc1cccc(C2CCCc3nnc(CC(F)(F)F)n3C2)c1F.NCN(CCc1ccccc1)C1CCN(C(=O)NSN)CC1. The standard InChI is InChI=1S/C15H14F5N3.C15H25N5OS/c16-11-5-2-4-10(14(11)17)9-3-1-6-12-21-22-13(23(12)8-9)7-15(18,19)20;16-12-20(9-6-13-4-2-1-3-5-13)14-7-10-19(11-8-14)15(21)18-22-17/h2,4-5,9H,1,3,6-8H2;1-5,14H,6-12,16-17H2,(H,18,21). The summed E-state index contributed by atoms with van der Waals surface area (Å²) in [5.74, 6) is -2.02. The summed E-state index contributed by atoms with van der Waals surface area (Å²) in [5.41, 5.74) is 7.44. The van der Waals surface area contributed by atoms with Crippen LogP contribution >= 0.6 is 12.1 Å². The number of hydrogen-bond donors (Lipinski definition) is 3. The van der Waals surface area contributed by atoms with E-state index in [0.717, 1.165) is 57.1 Å². The molecular weight excluding hydrogens is 615 g/mol. The number of carbonyl (C=O) groups excluding carboxylic acids is 1. The molecular formula is C30H39F5N8OS. The van der Waals surface area contributed by atoms with Crippen LogP contribution in [0.5, 0.6) is 0 Å². The van der Waals surface area contributed by atoms with Crippen molar-refractivity contribution in [1.29, 1.82) is 0 Å². The van der Waals surface area contributed by atoms with Gasteiger partial charge in [-0.05, 0) is 49.3 Å². The summed E-state index contributed by atoms with van der Waals surface area (Å²) in [6.07, 6.45) is -1.02. The van der Waals surface area contributed by atoms with E-state index in [1.807, 2.05) is 11.0 Å². The minimum atomic E-state index is -4.39. The fourth-order valence-corrected chi connectivity index (χ4v) is 6.11. The second-order valence-corrected chi connectivity index (χ2v) is 11.6. The molecule has 2 aromatic carbocycles. The van der Waals surface area contributed by atoms with Gasteiger partial charge in [-0.25, -0.2) is 13.6 Å². The molecule has 5 rings (SSSR count). The molecule has 1 saturated heterocycles. The summed E-state index contributed by atoms with van der Waals surface area (Å²) in [6.45, 7) is 3.13. The number of alkyl halides is 3. The molecule has 9 nitrogen and oxygen atoms in total. The van der Waals surface area contributed by atoms with Gasteiger partial charge in [-0.3, -0.25) is 14.8 Å². The number of nitrogens with one attached hydrogen (secondary N) is 1. The number of likely N-dealkylation sites (tertiary alicyclic amines) is 1. The Morgan fingerprint density at radius 3 is 2.44 bits per heavy atom. The van der Waals surface area contributed by atoms with Crippen LogP contribution in [0.15, 0.2) is 48.5 Å². The molecule has 3 aromatic rings. The van der Waals surface area contributed by atoms with Crippen LogP contribution in [0.1, 0.15) is 54.4 Å². The molecule has 2 aliphatic heterocycles. The molecule has 1 atom stereocenters. The summed E-state index contributed by atoms with van der Waals surface area (Å²) >= 11 is 0.849. The molecule has 3 heterocycles. The Kier molecular flexibility index (Phi) is 12.6. The van der Waals surface area contributed by atoms with Crippen LogP contribution in [0.4, 0.5) is 26.7 Å². The quantitative estimate of drug-likeness (QED) is 0.179. The first-order chi connectivity index (χ1) is 21.6. The molecule has 5 N–H and O–H groups in total. The third kappa shape index (κ3) is 9.86. The first-order valence-corrected chi connectivity index (χ1v) is 15.8. The minimum absolute atomic E-state index is 0.102. The van der Waals surface area contributed by atoms with E-state index in [-0.39, 0.29) is 24.0 Å². The number of rotatable bonds is 8. The summed E-state index contributed by atoms with van der Waals surface area (Å²) in [7, 11) is 0. The first kappa shape index (κ1) is 34.6. The minimum Gasteiger partial charge on any atom is -0.324 e. The predicted molar refractivity (Wildman–Crippen MR) is 163 cm³/mol. The van der Waals surface area contributed by atoms with Gasteiger partial charge in [-0.15, -0.1) is 10.2 Å². The number of amides is 2. The maximum absolute atomic E-state index is 14.0. The zero-order valence-electron chi connectivity index (χ0n) is 24.9. The second kappa shape index (κ2) is 16.3. The highest BCUT2D eigenvalue weighted by atomic mass is 32.2. The molecule has 0 saturated carbocycles. The predicted octanol–water partition coefficient (Wildman–Crippen LogP) is 4.92. The Bertz CT molecular complexity index is 1370. The summed E-state index contributed by atoms with van der Waals surface area (Å²) < 4.78 is 69.3. The largest absolute Gasteiger partial charge is 0.396 e. The van der Waals surface area contributed by atoms with E-state index in [2.05, 4.69) is 44.1 Å². The van der Waals surface area contributed by atoms with Gasteiger partial charge in [0.25, 0.3) is 0 Å². The Morgan fingerprint density at radius 2 is 1.78 bits per heavy atom. The van der Waals surface area contributed by atoms with Gasteiger partial charge in [-0.2, -0.15) is 13.2 Å². The van der Waals surface area contributed by atoms with Crippen LogP contribution < -0.4 is 15.6 Å². The van der Waals surface area contributed by atoms with Gasteiger partial charge in [0, 0.05) is 63.4 Å². The van der Waals surface area contributed by atoms with Gasteiger partial charge in [0.1, 0.15) is 18.1 Å². The number of fused-ring (bicyclic) bond motifs is 1. The Hall–Kier alpha value is -3.27. The molecule has 0 spiro atoms. The fraction of sp³-hybridized carbons (Fsp3) is 0.500. The number of urea groups is 1. The van der Waals surface area contributed by atoms with Gasteiger partial charge in [0.05, 0.1) is 0 Å².